The van der Waals surface area contributed by atoms with Crippen LogP contribution in [-0.4, -0.2) is 37.1 Å². The number of carbonyl (C=O) groups excluding carboxylic acids is 1. The summed E-state index contributed by atoms with van der Waals surface area (Å²) in [7, 11) is 0. The van der Waals surface area contributed by atoms with Gasteiger partial charge in [0, 0.05) is 36.9 Å². The second-order valence-electron chi connectivity index (χ2n) is 6.83. The van der Waals surface area contributed by atoms with E-state index >= 15 is 0 Å². The van der Waals surface area contributed by atoms with Crippen LogP contribution >= 0.6 is 11.6 Å². The van der Waals surface area contributed by atoms with Crippen LogP contribution in [0.15, 0.2) is 54.6 Å². The highest BCUT2D eigenvalue weighted by atomic mass is 35.5. The molecule has 2 aromatic rings. The summed E-state index contributed by atoms with van der Waals surface area (Å²) in [6.45, 7) is 3.10. The molecule has 1 heterocycles. The number of carbonyl (C=O) groups is 1. The first-order valence-corrected chi connectivity index (χ1v) is 9.17. The Morgan fingerprint density at radius 2 is 1.68 bits per heavy atom. The molecule has 1 aliphatic carbocycles. The molecule has 2 aliphatic rings. The van der Waals surface area contributed by atoms with Crippen molar-refractivity contribution in [2.24, 2.45) is 0 Å². The number of anilines is 1. The van der Waals surface area contributed by atoms with Crippen LogP contribution in [0.25, 0.3) is 0 Å². The van der Waals surface area contributed by atoms with E-state index < -0.39 is 0 Å². The normalized spacial score (nSPS) is 18.8. The first-order valence-electron chi connectivity index (χ1n) is 8.79. The van der Waals surface area contributed by atoms with E-state index in [0.717, 1.165) is 49.7 Å². The van der Waals surface area contributed by atoms with Gasteiger partial charge in [-0.05, 0) is 36.6 Å². The van der Waals surface area contributed by atoms with Gasteiger partial charge >= 0.3 is 6.03 Å². The molecule has 2 amide bonds. The van der Waals surface area contributed by atoms with Crippen molar-refractivity contribution < 1.29 is 4.79 Å². The van der Waals surface area contributed by atoms with Gasteiger partial charge in [-0.1, -0.05) is 48.0 Å². The Morgan fingerprint density at radius 3 is 2.32 bits per heavy atom. The number of halogens is 1. The zero-order valence-electron chi connectivity index (χ0n) is 14.1. The second-order valence-corrected chi connectivity index (χ2v) is 7.27. The standard InChI is InChI=1S/C20H22ClN3O/c21-17-7-4-8-18(15-17)23-11-13-24(14-12-23)19(25)22-20(9-10-20)16-5-2-1-3-6-16/h1-8,15H,9-14H2,(H,22,25). The van der Waals surface area contributed by atoms with Crippen LogP contribution in [0.2, 0.25) is 5.02 Å². The first kappa shape index (κ1) is 16.3. The van der Waals surface area contributed by atoms with Crippen LogP contribution in [-0.2, 0) is 5.54 Å². The van der Waals surface area contributed by atoms with E-state index in [1.165, 1.54) is 5.56 Å². The quantitative estimate of drug-likeness (QED) is 0.907. The average molecular weight is 356 g/mol. The summed E-state index contributed by atoms with van der Waals surface area (Å²) in [5.74, 6) is 0. The lowest BCUT2D eigenvalue weighted by Crippen LogP contribution is -2.53. The minimum atomic E-state index is -0.150. The van der Waals surface area contributed by atoms with E-state index in [0.29, 0.717) is 0 Å². The number of benzene rings is 2. The molecule has 0 aromatic heterocycles. The van der Waals surface area contributed by atoms with Crippen molar-refractivity contribution in [1.29, 1.82) is 0 Å². The number of rotatable bonds is 3. The molecule has 0 unspecified atom stereocenters. The van der Waals surface area contributed by atoms with Gasteiger partial charge in [-0.2, -0.15) is 0 Å². The number of nitrogens with one attached hydrogen (secondary N) is 1. The molecule has 4 nitrogen and oxygen atoms in total. The van der Waals surface area contributed by atoms with E-state index in [-0.39, 0.29) is 11.6 Å². The molecular formula is C20H22ClN3O. The maximum Gasteiger partial charge on any atom is 0.318 e. The third-order valence-corrected chi connectivity index (χ3v) is 5.40. The van der Waals surface area contributed by atoms with Crippen molar-refractivity contribution in [3.63, 3.8) is 0 Å². The number of urea groups is 1. The fourth-order valence-electron chi connectivity index (χ4n) is 3.49. The van der Waals surface area contributed by atoms with Gasteiger partial charge < -0.3 is 15.1 Å². The highest BCUT2D eigenvalue weighted by Crippen LogP contribution is 2.45. The summed E-state index contributed by atoms with van der Waals surface area (Å²) < 4.78 is 0. The largest absolute Gasteiger partial charge is 0.368 e. The van der Waals surface area contributed by atoms with Crippen LogP contribution in [0.4, 0.5) is 10.5 Å². The average Bonchev–Trinajstić information content (AvgIpc) is 3.43. The lowest BCUT2D eigenvalue weighted by atomic mass is 10.1. The Morgan fingerprint density at radius 1 is 0.960 bits per heavy atom. The van der Waals surface area contributed by atoms with Gasteiger partial charge in [-0.25, -0.2) is 4.79 Å². The van der Waals surface area contributed by atoms with Gasteiger partial charge in [-0.3, -0.25) is 0 Å². The number of amides is 2. The number of hydrogen-bond donors (Lipinski definition) is 1. The minimum Gasteiger partial charge on any atom is -0.368 e. The third kappa shape index (κ3) is 3.45. The van der Waals surface area contributed by atoms with Gasteiger partial charge in [-0.15, -0.1) is 0 Å². The number of nitrogens with zero attached hydrogens (tertiary/aromatic N) is 2. The minimum absolute atomic E-state index is 0.0482. The summed E-state index contributed by atoms with van der Waals surface area (Å²) in [5.41, 5.74) is 2.18. The molecule has 4 rings (SSSR count). The predicted molar refractivity (Wildman–Crippen MR) is 101 cm³/mol. The van der Waals surface area contributed by atoms with E-state index in [1.54, 1.807) is 0 Å². The predicted octanol–water partition coefficient (Wildman–Crippen LogP) is 3.86. The fourth-order valence-corrected chi connectivity index (χ4v) is 3.68. The summed E-state index contributed by atoms with van der Waals surface area (Å²) in [4.78, 5) is 16.9. The number of hydrogen-bond acceptors (Lipinski definition) is 2. The molecule has 2 aromatic carbocycles. The maximum atomic E-state index is 12.7. The Bertz CT molecular complexity index is 753. The van der Waals surface area contributed by atoms with Crippen LogP contribution in [0.5, 0.6) is 0 Å². The molecule has 2 fully saturated rings. The molecule has 0 atom stereocenters. The van der Waals surface area contributed by atoms with E-state index in [1.807, 2.05) is 41.3 Å². The molecule has 1 saturated carbocycles. The molecular weight excluding hydrogens is 334 g/mol. The van der Waals surface area contributed by atoms with Crippen LogP contribution in [0.3, 0.4) is 0 Å². The topological polar surface area (TPSA) is 35.6 Å². The van der Waals surface area contributed by atoms with Crippen molar-refractivity contribution in [2.45, 2.75) is 18.4 Å². The van der Waals surface area contributed by atoms with Gasteiger partial charge in [0.15, 0.2) is 0 Å². The van der Waals surface area contributed by atoms with E-state index in [4.69, 9.17) is 11.6 Å². The van der Waals surface area contributed by atoms with Crippen LogP contribution in [0, 0.1) is 0 Å². The molecule has 25 heavy (non-hydrogen) atoms. The van der Waals surface area contributed by atoms with Crippen LogP contribution in [0.1, 0.15) is 18.4 Å². The highest BCUT2D eigenvalue weighted by Gasteiger charge is 2.46. The zero-order valence-corrected chi connectivity index (χ0v) is 14.9. The lowest BCUT2D eigenvalue weighted by molar-refractivity contribution is 0.189. The van der Waals surface area contributed by atoms with E-state index in [2.05, 4.69) is 28.4 Å². The Kier molecular flexibility index (Phi) is 4.30. The summed E-state index contributed by atoms with van der Waals surface area (Å²) >= 11 is 6.08. The molecule has 0 spiro atoms. The van der Waals surface area contributed by atoms with Crippen molar-refractivity contribution in [3.05, 3.63) is 65.2 Å². The SMILES string of the molecule is O=C(NC1(c2ccccc2)CC1)N1CCN(c2cccc(Cl)c2)CC1. The van der Waals surface area contributed by atoms with Gasteiger partial charge in [0.25, 0.3) is 0 Å². The number of piperazine rings is 1. The molecule has 0 bridgehead atoms. The van der Waals surface area contributed by atoms with Crippen molar-refractivity contribution in [1.82, 2.24) is 10.2 Å². The summed E-state index contributed by atoms with van der Waals surface area (Å²) in [6.07, 6.45) is 2.04. The van der Waals surface area contributed by atoms with Crippen molar-refractivity contribution in [3.8, 4) is 0 Å². The molecule has 1 N–H and O–H groups in total. The molecule has 5 heteroatoms. The third-order valence-electron chi connectivity index (χ3n) is 5.16. The van der Waals surface area contributed by atoms with Gasteiger partial charge in [0.1, 0.15) is 0 Å². The Balaban J connectivity index is 1.36. The Labute approximate surface area is 153 Å². The van der Waals surface area contributed by atoms with Crippen molar-refractivity contribution in [2.75, 3.05) is 31.1 Å². The lowest BCUT2D eigenvalue weighted by Gasteiger charge is -2.37. The van der Waals surface area contributed by atoms with E-state index in [9.17, 15) is 4.79 Å². The van der Waals surface area contributed by atoms with Crippen LogP contribution < -0.4 is 10.2 Å². The molecule has 1 saturated heterocycles. The summed E-state index contributed by atoms with van der Waals surface area (Å²) in [5, 5.41) is 4.01. The Hall–Kier alpha value is -2.20. The molecule has 1 aliphatic heterocycles. The molecule has 130 valence electrons. The zero-order chi connectivity index (χ0) is 17.3. The van der Waals surface area contributed by atoms with Gasteiger partial charge in [0.2, 0.25) is 0 Å². The van der Waals surface area contributed by atoms with Gasteiger partial charge in [0.05, 0.1) is 5.54 Å². The maximum absolute atomic E-state index is 12.7. The second kappa shape index (κ2) is 6.60. The summed E-state index contributed by atoms with van der Waals surface area (Å²) in [6, 6.07) is 18.2. The van der Waals surface area contributed by atoms with Crippen molar-refractivity contribution >= 4 is 23.3 Å². The fraction of sp³-hybridized carbons (Fsp3) is 0.350. The highest BCUT2D eigenvalue weighted by molar-refractivity contribution is 6.30. The smallest absolute Gasteiger partial charge is 0.318 e. The monoisotopic (exact) mass is 355 g/mol. The first-order chi connectivity index (χ1) is 12.2. The molecule has 0 radical (unpaired) electrons.